The molecule has 3 atom stereocenters. The third kappa shape index (κ3) is 6.61. The molecule has 0 aromatic carbocycles. The lowest BCUT2D eigenvalue weighted by Gasteiger charge is -2.22. The standard InChI is InChI=1S/C10H18Cl4/c1-2-3-9(13)6-8(4-5-11)10(14)7-12/h8-10H,2-7H2,1H3. The number of alkyl halides is 4. The average molecular weight is 280 g/mol. The van der Waals surface area contributed by atoms with Crippen molar-refractivity contribution < 1.29 is 0 Å². The van der Waals surface area contributed by atoms with Crippen molar-refractivity contribution in [3.8, 4) is 0 Å². The van der Waals surface area contributed by atoms with Crippen molar-refractivity contribution in [2.75, 3.05) is 11.8 Å². The van der Waals surface area contributed by atoms with Crippen LogP contribution >= 0.6 is 46.4 Å². The van der Waals surface area contributed by atoms with Crippen LogP contribution in [0.5, 0.6) is 0 Å². The molecule has 0 aliphatic rings. The van der Waals surface area contributed by atoms with E-state index in [9.17, 15) is 0 Å². The van der Waals surface area contributed by atoms with E-state index in [0.717, 1.165) is 25.7 Å². The Hall–Kier alpha value is 1.16. The first kappa shape index (κ1) is 15.2. The van der Waals surface area contributed by atoms with Crippen LogP contribution in [-0.2, 0) is 0 Å². The van der Waals surface area contributed by atoms with Gasteiger partial charge in [-0.15, -0.1) is 46.4 Å². The fraction of sp³-hybridized carbons (Fsp3) is 1.00. The van der Waals surface area contributed by atoms with Gasteiger partial charge in [0, 0.05) is 17.1 Å². The van der Waals surface area contributed by atoms with Crippen LogP contribution in [0.3, 0.4) is 0 Å². The molecule has 0 aliphatic heterocycles. The normalized spacial score (nSPS) is 17.8. The van der Waals surface area contributed by atoms with Crippen LogP contribution in [0.15, 0.2) is 0 Å². The van der Waals surface area contributed by atoms with Crippen molar-refractivity contribution in [1.29, 1.82) is 0 Å². The molecule has 86 valence electrons. The first-order valence-corrected chi connectivity index (χ1v) is 6.99. The molecule has 0 spiro atoms. The van der Waals surface area contributed by atoms with Gasteiger partial charge in [0.2, 0.25) is 0 Å². The highest BCUT2D eigenvalue weighted by molar-refractivity contribution is 6.28. The van der Waals surface area contributed by atoms with Gasteiger partial charge in [0.1, 0.15) is 0 Å². The maximum absolute atomic E-state index is 6.17. The third-order valence-corrected chi connectivity index (χ3v) is 3.91. The Labute approximate surface area is 107 Å². The number of rotatable bonds is 8. The zero-order valence-corrected chi connectivity index (χ0v) is 11.5. The van der Waals surface area contributed by atoms with Gasteiger partial charge in [-0.05, 0) is 25.2 Å². The van der Waals surface area contributed by atoms with E-state index in [2.05, 4.69) is 6.92 Å². The Kier molecular flexibility index (Phi) is 10.2. The largest absolute Gasteiger partial charge is 0.127 e. The minimum Gasteiger partial charge on any atom is -0.127 e. The molecule has 3 unspecified atom stereocenters. The van der Waals surface area contributed by atoms with E-state index in [1.165, 1.54) is 0 Å². The lowest BCUT2D eigenvalue weighted by atomic mass is 9.95. The fourth-order valence-corrected chi connectivity index (χ4v) is 2.68. The summed E-state index contributed by atoms with van der Waals surface area (Å²) in [5, 5.41) is 0.200. The van der Waals surface area contributed by atoms with E-state index in [1.807, 2.05) is 0 Å². The average Bonchev–Trinajstić information content (AvgIpc) is 2.16. The van der Waals surface area contributed by atoms with E-state index in [-0.39, 0.29) is 10.8 Å². The second-order valence-corrected chi connectivity index (χ2v) is 5.39. The smallest absolute Gasteiger partial charge is 0.0500 e. The molecule has 0 radical (unpaired) electrons. The van der Waals surface area contributed by atoms with Gasteiger partial charge < -0.3 is 0 Å². The molecule has 0 bridgehead atoms. The summed E-state index contributed by atoms with van der Waals surface area (Å²) >= 11 is 23.7. The first-order valence-electron chi connectivity index (χ1n) is 5.05. The lowest BCUT2D eigenvalue weighted by Crippen LogP contribution is -2.21. The van der Waals surface area contributed by atoms with Crippen molar-refractivity contribution in [3.05, 3.63) is 0 Å². The van der Waals surface area contributed by atoms with Crippen molar-refractivity contribution in [2.24, 2.45) is 5.92 Å². The van der Waals surface area contributed by atoms with Crippen LogP contribution in [0.25, 0.3) is 0 Å². The summed E-state index contributed by atoms with van der Waals surface area (Å²) in [5.41, 5.74) is 0. The van der Waals surface area contributed by atoms with E-state index in [0.29, 0.717) is 17.7 Å². The van der Waals surface area contributed by atoms with E-state index < -0.39 is 0 Å². The van der Waals surface area contributed by atoms with Gasteiger partial charge in [0.25, 0.3) is 0 Å². The molecule has 0 nitrogen and oxygen atoms in total. The predicted molar refractivity (Wildman–Crippen MR) is 68.4 cm³/mol. The molecule has 0 fully saturated rings. The van der Waals surface area contributed by atoms with Gasteiger partial charge in [-0.1, -0.05) is 13.3 Å². The van der Waals surface area contributed by atoms with Gasteiger partial charge >= 0.3 is 0 Å². The minimum absolute atomic E-state index is 0.00600. The molecular weight excluding hydrogens is 262 g/mol. The van der Waals surface area contributed by atoms with Crippen molar-refractivity contribution in [2.45, 2.75) is 43.4 Å². The quantitative estimate of drug-likeness (QED) is 0.556. The molecule has 0 rings (SSSR count). The van der Waals surface area contributed by atoms with E-state index >= 15 is 0 Å². The molecule has 0 aromatic heterocycles. The number of hydrogen-bond donors (Lipinski definition) is 0. The summed E-state index contributed by atoms with van der Waals surface area (Å²) in [4.78, 5) is 0. The van der Waals surface area contributed by atoms with Gasteiger partial charge in [-0.2, -0.15) is 0 Å². The summed E-state index contributed by atoms with van der Waals surface area (Å²) in [6, 6.07) is 0. The maximum Gasteiger partial charge on any atom is 0.0500 e. The molecule has 0 saturated heterocycles. The Balaban J connectivity index is 3.94. The van der Waals surface area contributed by atoms with Crippen LogP contribution in [0.1, 0.15) is 32.6 Å². The highest BCUT2D eigenvalue weighted by Gasteiger charge is 2.21. The van der Waals surface area contributed by atoms with Crippen molar-refractivity contribution in [1.82, 2.24) is 0 Å². The molecule has 4 heteroatoms. The second-order valence-electron chi connectivity index (χ2n) is 3.53. The Morgan fingerprint density at radius 3 is 2.14 bits per heavy atom. The SMILES string of the molecule is CCCC(Cl)CC(CCCl)C(Cl)CCl. The van der Waals surface area contributed by atoms with Crippen LogP contribution in [0.4, 0.5) is 0 Å². The minimum atomic E-state index is -0.00600. The topological polar surface area (TPSA) is 0 Å². The van der Waals surface area contributed by atoms with Crippen molar-refractivity contribution in [3.63, 3.8) is 0 Å². The van der Waals surface area contributed by atoms with Crippen LogP contribution in [0.2, 0.25) is 0 Å². The van der Waals surface area contributed by atoms with Gasteiger partial charge in [-0.3, -0.25) is 0 Å². The molecular formula is C10H18Cl4. The summed E-state index contributed by atoms with van der Waals surface area (Å²) in [6.07, 6.45) is 3.96. The van der Waals surface area contributed by atoms with Crippen molar-refractivity contribution >= 4 is 46.4 Å². The van der Waals surface area contributed by atoms with Gasteiger partial charge in [0.05, 0.1) is 5.38 Å². The maximum atomic E-state index is 6.17. The summed E-state index contributed by atoms with van der Waals surface area (Å²) in [5.74, 6) is 1.44. The molecule has 0 aliphatic carbocycles. The molecule has 0 heterocycles. The predicted octanol–water partition coefficient (Wildman–Crippen LogP) is 4.88. The zero-order chi connectivity index (χ0) is 11.0. The molecule has 0 aromatic rings. The van der Waals surface area contributed by atoms with E-state index in [4.69, 9.17) is 46.4 Å². The molecule has 0 N–H and O–H groups in total. The summed E-state index contributed by atoms with van der Waals surface area (Å²) in [7, 11) is 0. The Morgan fingerprint density at radius 1 is 1.07 bits per heavy atom. The first-order chi connectivity index (χ1) is 6.65. The van der Waals surface area contributed by atoms with E-state index in [1.54, 1.807) is 0 Å². The second kappa shape index (κ2) is 9.39. The molecule has 0 amide bonds. The van der Waals surface area contributed by atoms with Crippen LogP contribution in [0, 0.1) is 5.92 Å². The highest BCUT2D eigenvalue weighted by atomic mass is 35.5. The highest BCUT2D eigenvalue weighted by Crippen LogP contribution is 2.26. The lowest BCUT2D eigenvalue weighted by molar-refractivity contribution is 0.446. The van der Waals surface area contributed by atoms with Gasteiger partial charge in [0.15, 0.2) is 0 Å². The summed E-state index contributed by atoms with van der Waals surface area (Å²) < 4.78 is 0. The number of halogens is 4. The van der Waals surface area contributed by atoms with Crippen LogP contribution in [-0.4, -0.2) is 22.5 Å². The van der Waals surface area contributed by atoms with Gasteiger partial charge in [-0.25, -0.2) is 0 Å². The zero-order valence-electron chi connectivity index (χ0n) is 8.49. The Morgan fingerprint density at radius 2 is 1.71 bits per heavy atom. The monoisotopic (exact) mass is 278 g/mol. The van der Waals surface area contributed by atoms with Crippen LogP contribution < -0.4 is 0 Å². The Bertz CT molecular complexity index is 129. The molecule has 0 saturated carbocycles. The number of hydrogen-bond acceptors (Lipinski definition) is 0. The molecule has 14 heavy (non-hydrogen) atoms. The fourth-order valence-electron chi connectivity index (χ4n) is 1.47. The third-order valence-electron chi connectivity index (χ3n) is 2.30. The summed E-state index contributed by atoms with van der Waals surface area (Å²) in [6.45, 7) is 2.13.